The van der Waals surface area contributed by atoms with Crippen molar-refractivity contribution >= 4 is 5.91 Å². The Labute approximate surface area is 174 Å². The van der Waals surface area contributed by atoms with Crippen LogP contribution in [0.25, 0.3) is 0 Å². The number of carbonyl (C=O) groups is 1. The van der Waals surface area contributed by atoms with Gasteiger partial charge in [0.05, 0.1) is 26.4 Å². The van der Waals surface area contributed by atoms with Crippen LogP contribution in [0.5, 0.6) is 5.75 Å². The number of rotatable bonds is 9. The van der Waals surface area contributed by atoms with Crippen molar-refractivity contribution in [1.82, 2.24) is 10.2 Å². The molecule has 0 radical (unpaired) electrons. The molecule has 1 unspecified atom stereocenters. The Morgan fingerprint density at radius 3 is 2.59 bits per heavy atom. The van der Waals surface area contributed by atoms with E-state index in [0.29, 0.717) is 13.0 Å². The summed E-state index contributed by atoms with van der Waals surface area (Å²) in [4.78, 5) is 14.8. The molecule has 2 aromatic carbocycles. The molecule has 2 aromatic rings. The monoisotopic (exact) mass is 396 g/mol. The summed E-state index contributed by atoms with van der Waals surface area (Å²) in [6.45, 7) is 5.80. The van der Waals surface area contributed by atoms with E-state index in [2.05, 4.69) is 47.5 Å². The molecular weight excluding hydrogens is 364 g/mol. The lowest BCUT2D eigenvalue weighted by molar-refractivity contribution is -0.121. The molecule has 1 aliphatic heterocycles. The molecule has 1 saturated heterocycles. The summed E-state index contributed by atoms with van der Waals surface area (Å²) >= 11 is 0. The van der Waals surface area contributed by atoms with Gasteiger partial charge in [0.2, 0.25) is 5.91 Å². The van der Waals surface area contributed by atoms with Crippen molar-refractivity contribution < 1.29 is 14.3 Å². The second-order valence-corrected chi connectivity index (χ2v) is 7.55. The Kier molecular flexibility index (Phi) is 8.08. The van der Waals surface area contributed by atoms with Crippen LogP contribution >= 0.6 is 0 Å². The van der Waals surface area contributed by atoms with Gasteiger partial charge in [-0.15, -0.1) is 0 Å². The number of para-hydroxylation sites is 1. The summed E-state index contributed by atoms with van der Waals surface area (Å²) in [5.41, 5.74) is 3.65. The standard InChI is InChI=1S/C24H32N2O3/c1-19-10-12-20(13-11-19)6-5-9-24(27)25-18-22(26-14-16-29-17-15-26)21-7-3-4-8-23(21)28-2/h3-4,7-8,10-13,22H,5-6,9,14-18H2,1-2H3,(H,25,27). The van der Waals surface area contributed by atoms with Gasteiger partial charge >= 0.3 is 0 Å². The second kappa shape index (κ2) is 11.0. The van der Waals surface area contributed by atoms with Gasteiger partial charge in [0.25, 0.3) is 0 Å². The quantitative estimate of drug-likeness (QED) is 0.705. The maximum atomic E-state index is 12.5. The molecule has 5 nitrogen and oxygen atoms in total. The van der Waals surface area contributed by atoms with Gasteiger partial charge in [0.15, 0.2) is 0 Å². The van der Waals surface area contributed by atoms with Crippen molar-refractivity contribution in [2.24, 2.45) is 0 Å². The summed E-state index contributed by atoms with van der Waals surface area (Å²) in [5.74, 6) is 0.961. The minimum atomic E-state index is 0.0797. The van der Waals surface area contributed by atoms with E-state index >= 15 is 0 Å². The van der Waals surface area contributed by atoms with Crippen LogP contribution in [-0.2, 0) is 16.0 Å². The lowest BCUT2D eigenvalue weighted by Gasteiger charge is -2.35. The van der Waals surface area contributed by atoms with Gasteiger partial charge in [-0.2, -0.15) is 0 Å². The lowest BCUT2D eigenvalue weighted by atomic mass is 10.0. The third kappa shape index (κ3) is 6.31. The van der Waals surface area contributed by atoms with Crippen molar-refractivity contribution in [2.45, 2.75) is 32.2 Å². The smallest absolute Gasteiger partial charge is 0.220 e. The minimum absolute atomic E-state index is 0.0797. The van der Waals surface area contributed by atoms with E-state index in [1.54, 1.807) is 7.11 Å². The fourth-order valence-corrected chi connectivity index (χ4v) is 3.77. The molecule has 1 heterocycles. The molecule has 1 atom stereocenters. The topological polar surface area (TPSA) is 50.8 Å². The molecule has 1 aliphatic rings. The van der Waals surface area contributed by atoms with Crippen molar-refractivity contribution in [1.29, 1.82) is 0 Å². The van der Waals surface area contributed by atoms with Gasteiger partial charge in [0, 0.05) is 31.6 Å². The molecule has 1 N–H and O–H groups in total. The van der Waals surface area contributed by atoms with Crippen LogP contribution in [0.4, 0.5) is 0 Å². The van der Waals surface area contributed by atoms with E-state index in [-0.39, 0.29) is 11.9 Å². The maximum Gasteiger partial charge on any atom is 0.220 e. The summed E-state index contributed by atoms with van der Waals surface area (Å²) in [5, 5.41) is 3.15. The molecule has 29 heavy (non-hydrogen) atoms. The highest BCUT2D eigenvalue weighted by atomic mass is 16.5. The number of benzene rings is 2. The van der Waals surface area contributed by atoms with Crippen molar-refractivity contribution in [3.63, 3.8) is 0 Å². The Morgan fingerprint density at radius 1 is 1.14 bits per heavy atom. The van der Waals surface area contributed by atoms with Crippen LogP contribution in [0, 0.1) is 6.92 Å². The molecule has 3 rings (SSSR count). The summed E-state index contributed by atoms with van der Waals surface area (Å²) in [7, 11) is 1.69. The third-order valence-corrected chi connectivity index (χ3v) is 5.47. The number of ether oxygens (including phenoxy) is 2. The van der Waals surface area contributed by atoms with E-state index < -0.39 is 0 Å². The zero-order valence-corrected chi connectivity index (χ0v) is 17.5. The van der Waals surface area contributed by atoms with Crippen LogP contribution in [0.1, 0.15) is 35.6 Å². The predicted octanol–water partition coefficient (Wildman–Crippen LogP) is 3.52. The molecule has 0 aliphatic carbocycles. The number of nitrogens with zero attached hydrogens (tertiary/aromatic N) is 1. The fourth-order valence-electron chi connectivity index (χ4n) is 3.77. The Bertz CT molecular complexity index is 770. The van der Waals surface area contributed by atoms with Crippen LogP contribution in [0.15, 0.2) is 48.5 Å². The first-order valence-corrected chi connectivity index (χ1v) is 10.4. The van der Waals surface area contributed by atoms with Gasteiger partial charge in [-0.05, 0) is 31.4 Å². The molecule has 5 heteroatoms. The molecule has 1 amide bonds. The average molecular weight is 397 g/mol. The van der Waals surface area contributed by atoms with Gasteiger partial charge < -0.3 is 14.8 Å². The van der Waals surface area contributed by atoms with Crippen molar-refractivity contribution in [2.75, 3.05) is 40.0 Å². The number of morpholine rings is 1. The van der Waals surface area contributed by atoms with E-state index in [4.69, 9.17) is 9.47 Å². The van der Waals surface area contributed by atoms with Crippen molar-refractivity contribution in [3.8, 4) is 5.75 Å². The molecule has 156 valence electrons. The normalized spacial score (nSPS) is 15.7. The van der Waals surface area contributed by atoms with Gasteiger partial charge in [-0.3, -0.25) is 9.69 Å². The number of nitrogens with one attached hydrogen (secondary N) is 1. The molecular formula is C24H32N2O3. The zero-order chi connectivity index (χ0) is 20.5. The molecule has 0 bridgehead atoms. The second-order valence-electron chi connectivity index (χ2n) is 7.55. The predicted molar refractivity (Wildman–Crippen MR) is 115 cm³/mol. The molecule has 0 aromatic heterocycles. The molecule has 1 fully saturated rings. The largest absolute Gasteiger partial charge is 0.496 e. The van der Waals surface area contributed by atoms with Crippen LogP contribution in [-0.4, -0.2) is 50.8 Å². The summed E-state index contributed by atoms with van der Waals surface area (Å²) < 4.78 is 11.1. The lowest BCUT2D eigenvalue weighted by Crippen LogP contribution is -2.44. The van der Waals surface area contributed by atoms with Crippen molar-refractivity contribution in [3.05, 3.63) is 65.2 Å². The van der Waals surface area contributed by atoms with E-state index in [9.17, 15) is 4.79 Å². The van der Waals surface area contributed by atoms with E-state index in [0.717, 1.165) is 50.5 Å². The maximum absolute atomic E-state index is 12.5. The van der Waals surface area contributed by atoms with E-state index in [1.807, 2.05) is 18.2 Å². The van der Waals surface area contributed by atoms with Crippen LogP contribution < -0.4 is 10.1 Å². The summed E-state index contributed by atoms with van der Waals surface area (Å²) in [6.07, 6.45) is 2.31. The first-order valence-electron chi connectivity index (χ1n) is 10.4. The van der Waals surface area contributed by atoms with Gasteiger partial charge in [0.1, 0.15) is 5.75 Å². The number of aryl methyl sites for hydroxylation is 2. The average Bonchev–Trinajstić information content (AvgIpc) is 2.76. The zero-order valence-electron chi connectivity index (χ0n) is 17.5. The number of hydrogen-bond donors (Lipinski definition) is 1. The molecule has 0 saturated carbocycles. The molecule has 0 spiro atoms. The third-order valence-electron chi connectivity index (χ3n) is 5.47. The number of amides is 1. The summed E-state index contributed by atoms with van der Waals surface area (Å²) in [6, 6.07) is 16.7. The number of carbonyl (C=O) groups excluding carboxylic acids is 1. The highest BCUT2D eigenvalue weighted by molar-refractivity contribution is 5.75. The first kappa shape index (κ1) is 21.3. The number of hydrogen-bond acceptors (Lipinski definition) is 4. The fraction of sp³-hybridized carbons (Fsp3) is 0.458. The van der Waals surface area contributed by atoms with Crippen LogP contribution in [0.2, 0.25) is 0 Å². The van der Waals surface area contributed by atoms with Gasteiger partial charge in [-0.25, -0.2) is 0 Å². The highest BCUT2D eigenvalue weighted by Gasteiger charge is 2.25. The highest BCUT2D eigenvalue weighted by Crippen LogP contribution is 2.29. The first-order chi connectivity index (χ1) is 14.2. The Morgan fingerprint density at radius 2 is 1.86 bits per heavy atom. The Hall–Kier alpha value is -2.37. The van der Waals surface area contributed by atoms with E-state index in [1.165, 1.54) is 11.1 Å². The Balaban J connectivity index is 1.56. The number of methoxy groups -OCH3 is 1. The SMILES string of the molecule is COc1ccccc1C(CNC(=O)CCCc1ccc(C)cc1)N1CCOCC1. The van der Waals surface area contributed by atoms with Gasteiger partial charge in [-0.1, -0.05) is 48.0 Å². The van der Waals surface area contributed by atoms with Crippen LogP contribution in [0.3, 0.4) is 0 Å². The minimum Gasteiger partial charge on any atom is -0.496 e.